The summed E-state index contributed by atoms with van der Waals surface area (Å²) in [4.78, 5) is 25.1. The monoisotopic (exact) mass is 665 g/mol. The number of aryl methyl sites for hydroxylation is 1. The lowest BCUT2D eigenvalue weighted by Crippen LogP contribution is -2.21. The summed E-state index contributed by atoms with van der Waals surface area (Å²) < 4.78 is 18.2. The van der Waals surface area contributed by atoms with Crippen molar-refractivity contribution in [1.29, 1.82) is 0 Å². The van der Waals surface area contributed by atoms with Gasteiger partial charge in [-0.1, -0.05) is 33.6 Å². The van der Waals surface area contributed by atoms with Crippen molar-refractivity contribution in [1.82, 2.24) is 5.43 Å². The van der Waals surface area contributed by atoms with Gasteiger partial charge in [-0.15, -0.1) is 0 Å². The maximum Gasteiger partial charge on any atom is 0.271 e. The molecule has 2 N–H and O–H groups in total. The number of nitrogens with one attached hydrogen (secondary N) is 2. The van der Waals surface area contributed by atoms with Crippen LogP contribution >= 0.6 is 43.5 Å². The average Bonchev–Trinajstić information content (AvgIpc) is 2.87. The summed E-state index contributed by atoms with van der Waals surface area (Å²) in [5, 5.41) is 7.38. The highest BCUT2D eigenvalue weighted by molar-refractivity contribution is 9.11. The molecule has 0 aliphatic carbocycles. The predicted molar refractivity (Wildman–Crippen MR) is 156 cm³/mol. The maximum atomic E-state index is 12.7. The van der Waals surface area contributed by atoms with Gasteiger partial charge in [0.15, 0.2) is 18.1 Å². The van der Waals surface area contributed by atoms with Gasteiger partial charge in [-0.2, -0.15) is 5.10 Å². The third-order valence-corrected chi connectivity index (χ3v) is 6.47. The number of hydrogen-bond acceptors (Lipinski definition) is 6. The summed E-state index contributed by atoms with van der Waals surface area (Å²) in [6.07, 6.45) is 1.43. The van der Waals surface area contributed by atoms with Crippen molar-refractivity contribution in [3.63, 3.8) is 0 Å². The second-order valence-corrected chi connectivity index (χ2v) is 10.0. The molecule has 11 heteroatoms. The first kappa shape index (κ1) is 29.5. The Labute approximate surface area is 242 Å². The summed E-state index contributed by atoms with van der Waals surface area (Å²) in [6.45, 7) is 6.25. The van der Waals surface area contributed by atoms with E-state index in [2.05, 4.69) is 47.7 Å². The Balaban J connectivity index is 1.69. The first-order valence-electron chi connectivity index (χ1n) is 11.6. The molecule has 0 aliphatic heterocycles. The first-order valence-corrected chi connectivity index (χ1v) is 13.6. The zero-order valence-corrected chi connectivity index (χ0v) is 24.9. The SMILES string of the molecule is CCOc1ccc(C(=O)N/N=C/c2cc(Br)cc(Br)c2OCC(=O)Nc2ccc(C)c(Cl)c2)cc1OCC. The Hall–Kier alpha value is -3.08. The molecule has 0 unspecified atom stereocenters. The normalized spacial score (nSPS) is 10.8. The number of nitrogens with zero attached hydrogens (tertiary/aromatic N) is 1. The minimum absolute atomic E-state index is 0.259. The van der Waals surface area contributed by atoms with Gasteiger partial charge in [-0.25, -0.2) is 5.43 Å². The third kappa shape index (κ3) is 8.21. The van der Waals surface area contributed by atoms with Crippen LogP contribution in [0.5, 0.6) is 17.2 Å². The van der Waals surface area contributed by atoms with E-state index in [1.54, 1.807) is 42.5 Å². The molecule has 0 saturated heterocycles. The van der Waals surface area contributed by atoms with E-state index < -0.39 is 5.91 Å². The minimum atomic E-state index is -0.432. The van der Waals surface area contributed by atoms with E-state index in [0.717, 1.165) is 10.0 Å². The molecule has 0 heterocycles. The molecule has 8 nitrogen and oxygen atoms in total. The van der Waals surface area contributed by atoms with Crippen molar-refractivity contribution in [2.75, 3.05) is 25.1 Å². The number of hydrazone groups is 1. The van der Waals surface area contributed by atoms with E-state index in [1.807, 2.05) is 26.8 Å². The maximum absolute atomic E-state index is 12.7. The van der Waals surface area contributed by atoms with E-state index in [4.69, 9.17) is 25.8 Å². The lowest BCUT2D eigenvalue weighted by atomic mass is 10.2. The van der Waals surface area contributed by atoms with Crippen LogP contribution in [0.2, 0.25) is 5.02 Å². The first-order chi connectivity index (χ1) is 18.2. The highest BCUT2D eigenvalue weighted by Gasteiger charge is 2.14. The summed E-state index contributed by atoms with van der Waals surface area (Å²) in [5.41, 5.74) is 4.86. The number of amides is 2. The molecular weight excluding hydrogens is 642 g/mol. The van der Waals surface area contributed by atoms with Crippen LogP contribution in [-0.4, -0.2) is 37.8 Å². The van der Waals surface area contributed by atoms with Crippen LogP contribution in [-0.2, 0) is 4.79 Å². The largest absolute Gasteiger partial charge is 0.490 e. The van der Waals surface area contributed by atoms with Crippen LogP contribution in [0, 0.1) is 6.92 Å². The van der Waals surface area contributed by atoms with E-state index in [-0.39, 0.29) is 12.5 Å². The molecule has 0 atom stereocenters. The molecule has 3 aromatic rings. The molecule has 0 aliphatic rings. The van der Waals surface area contributed by atoms with E-state index >= 15 is 0 Å². The molecule has 0 aromatic heterocycles. The highest BCUT2D eigenvalue weighted by atomic mass is 79.9. The Morgan fingerprint density at radius 2 is 1.71 bits per heavy atom. The fraction of sp³-hybridized carbons (Fsp3) is 0.222. The molecule has 0 saturated carbocycles. The van der Waals surface area contributed by atoms with Crippen LogP contribution in [0.3, 0.4) is 0 Å². The number of hydrogen-bond donors (Lipinski definition) is 2. The zero-order chi connectivity index (χ0) is 27.7. The number of carbonyl (C=O) groups excluding carboxylic acids is 2. The van der Waals surface area contributed by atoms with E-state index in [9.17, 15) is 9.59 Å². The molecule has 2 amide bonds. The van der Waals surface area contributed by atoms with Crippen molar-refractivity contribution >= 4 is 67.2 Å². The number of halogens is 3. The Morgan fingerprint density at radius 1 is 0.974 bits per heavy atom. The zero-order valence-electron chi connectivity index (χ0n) is 20.9. The average molecular weight is 668 g/mol. The quantitative estimate of drug-likeness (QED) is 0.174. The van der Waals surface area contributed by atoms with Gasteiger partial charge in [0.2, 0.25) is 0 Å². The van der Waals surface area contributed by atoms with E-state index in [0.29, 0.717) is 56.8 Å². The Morgan fingerprint density at radius 3 is 2.42 bits per heavy atom. The summed E-state index contributed by atoms with van der Waals surface area (Å²) in [6, 6.07) is 13.7. The smallest absolute Gasteiger partial charge is 0.271 e. The molecule has 0 spiro atoms. The van der Waals surface area contributed by atoms with Crippen molar-refractivity contribution in [3.05, 3.63) is 79.2 Å². The third-order valence-electron chi connectivity index (χ3n) is 5.02. The fourth-order valence-electron chi connectivity index (χ4n) is 3.25. The lowest BCUT2D eigenvalue weighted by Gasteiger charge is -2.13. The second kappa shape index (κ2) is 14.2. The van der Waals surface area contributed by atoms with Crippen molar-refractivity contribution in [2.45, 2.75) is 20.8 Å². The summed E-state index contributed by atoms with van der Waals surface area (Å²) in [5.74, 6) is 0.617. The van der Waals surface area contributed by atoms with Gasteiger partial charge in [0.05, 0.1) is 23.9 Å². The highest BCUT2D eigenvalue weighted by Crippen LogP contribution is 2.32. The molecule has 0 fully saturated rings. The van der Waals surface area contributed by atoms with Crippen LogP contribution in [0.4, 0.5) is 5.69 Å². The van der Waals surface area contributed by atoms with Crippen molar-refractivity contribution in [3.8, 4) is 17.2 Å². The predicted octanol–water partition coefficient (Wildman–Crippen LogP) is 6.75. The topological polar surface area (TPSA) is 98.3 Å². The van der Waals surface area contributed by atoms with Crippen LogP contribution in [0.1, 0.15) is 35.3 Å². The van der Waals surface area contributed by atoms with Gasteiger partial charge in [-0.3, -0.25) is 9.59 Å². The van der Waals surface area contributed by atoms with Crippen molar-refractivity contribution in [2.24, 2.45) is 5.10 Å². The van der Waals surface area contributed by atoms with Gasteiger partial charge < -0.3 is 19.5 Å². The van der Waals surface area contributed by atoms with Crippen molar-refractivity contribution < 1.29 is 23.8 Å². The summed E-state index contributed by atoms with van der Waals surface area (Å²) in [7, 11) is 0. The Bertz CT molecular complexity index is 1350. The van der Waals surface area contributed by atoms with Gasteiger partial charge >= 0.3 is 0 Å². The molecular formula is C27H26Br2ClN3O5. The summed E-state index contributed by atoms with van der Waals surface area (Å²) >= 11 is 13.0. The van der Waals surface area contributed by atoms with Crippen LogP contribution in [0.15, 0.2) is 62.6 Å². The minimum Gasteiger partial charge on any atom is -0.490 e. The molecule has 200 valence electrons. The van der Waals surface area contributed by atoms with Gasteiger partial charge in [0.1, 0.15) is 5.75 Å². The molecule has 38 heavy (non-hydrogen) atoms. The van der Waals surface area contributed by atoms with E-state index in [1.165, 1.54) is 6.21 Å². The second-order valence-electron chi connectivity index (χ2n) is 7.83. The van der Waals surface area contributed by atoms with Gasteiger partial charge in [0.25, 0.3) is 11.8 Å². The van der Waals surface area contributed by atoms with Gasteiger partial charge in [-0.05, 0) is 84.7 Å². The van der Waals surface area contributed by atoms with Crippen LogP contribution in [0.25, 0.3) is 0 Å². The number of carbonyl (C=O) groups is 2. The molecule has 0 radical (unpaired) electrons. The van der Waals surface area contributed by atoms with Gasteiger partial charge in [0, 0.05) is 26.3 Å². The number of benzene rings is 3. The standard InChI is InChI=1S/C27H26Br2ClN3O5/c1-4-36-23-9-7-17(11-24(23)37-5-2)27(35)33-31-14-18-10-19(28)12-21(29)26(18)38-15-25(34)32-20-8-6-16(3)22(30)13-20/h6-14H,4-5,15H2,1-3H3,(H,32,34)(H,33,35)/b31-14+. The number of anilines is 1. The molecule has 0 bridgehead atoms. The Kier molecular flexibility index (Phi) is 11.0. The van der Waals surface area contributed by atoms with Crippen LogP contribution < -0.4 is 25.0 Å². The fourth-order valence-corrected chi connectivity index (χ4v) is 4.80. The number of rotatable bonds is 11. The molecule has 3 rings (SSSR count). The molecule has 3 aromatic carbocycles. The number of ether oxygens (including phenoxy) is 3. The lowest BCUT2D eigenvalue weighted by molar-refractivity contribution is -0.118.